The summed E-state index contributed by atoms with van der Waals surface area (Å²) in [5.41, 5.74) is 4.44. The number of methoxy groups -OCH3 is 1. The minimum atomic E-state index is -0.533. The van der Waals surface area contributed by atoms with E-state index in [1.165, 1.54) is 12.1 Å². The van der Waals surface area contributed by atoms with Crippen LogP contribution in [0.3, 0.4) is 0 Å². The number of rotatable bonds is 4. The van der Waals surface area contributed by atoms with Crippen molar-refractivity contribution in [3.8, 4) is 22.6 Å². The minimum absolute atomic E-state index is 0.206. The molecule has 1 N–H and O–H groups in total. The zero-order chi connectivity index (χ0) is 22.1. The summed E-state index contributed by atoms with van der Waals surface area (Å²) in [6.07, 6.45) is -0.533. The maximum absolute atomic E-state index is 14.0. The molecule has 0 aromatic heterocycles. The Hall–Kier alpha value is -4.12. The van der Waals surface area contributed by atoms with Gasteiger partial charge in [-0.25, -0.2) is 4.39 Å². The lowest BCUT2D eigenvalue weighted by Crippen LogP contribution is -2.17. The summed E-state index contributed by atoms with van der Waals surface area (Å²) < 4.78 is 25.9. The molecule has 1 amide bonds. The van der Waals surface area contributed by atoms with Crippen molar-refractivity contribution in [3.05, 3.63) is 114 Å². The van der Waals surface area contributed by atoms with E-state index in [0.29, 0.717) is 28.3 Å². The van der Waals surface area contributed by atoms with Crippen LogP contribution in [0, 0.1) is 5.82 Å². The van der Waals surface area contributed by atoms with Crippen LogP contribution in [0.15, 0.2) is 91.0 Å². The van der Waals surface area contributed by atoms with Crippen LogP contribution >= 0.6 is 0 Å². The summed E-state index contributed by atoms with van der Waals surface area (Å²) in [5, 5.41) is 2.94. The molecule has 5 rings (SSSR count). The molecule has 0 saturated carbocycles. The Morgan fingerprint density at radius 3 is 2.53 bits per heavy atom. The van der Waals surface area contributed by atoms with Crippen molar-refractivity contribution < 1.29 is 18.7 Å². The average molecular weight is 425 g/mol. The number of benzene rings is 4. The van der Waals surface area contributed by atoms with Crippen molar-refractivity contribution in [2.75, 3.05) is 12.4 Å². The number of ether oxygens (including phenoxy) is 2. The number of amides is 1. The van der Waals surface area contributed by atoms with Crippen molar-refractivity contribution in [2.24, 2.45) is 0 Å². The zero-order valence-corrected chi connectivity index (χ0v) is 17.3. The normalized spacial score (nSPS) is 14.0. The molecule has 1 atom stereocenters. The Balaban J connectivity index is 1.61. The summed E-state index contributed by atoms with van der Waals surface area (Å²) >= 11 is 0. The molecule has 0 radical (unpaired) electrons. The van der Waals surface area contributed by atoms with E-state index in [-0.39, 0.29) is 11.7 Å². The highest BCUT2D eigenvalue weighted by Gasteiger charge is 2.30. The van der Waals surface area contributed by atoms with Crippen LogP contribution in [-0.4, -0.2) is 13.0 Å². The number of fused-ring (bicyclic) bond motifs is 3. The highest BCUT2D eigenvalue weighted by Crippen LogP contribution is 2.49. The molecule has 4 aromatic carbocycles. The summed E-state index contributed by atoms with van der Waals surface area (Å²) in [7, 11) is 1.61. The van der Waals surface area contributed by atoms with Crippen LogP contribution in [0.1, 0.15) is 27.6 Å². The van der Waals surface area contributed by atoms with E-state index < -0.39 is 6.10 Å². The molecule has 158 valence electrons. The molecular weight excluding hydrogens is 405 g/mol. The lowest BCUT2D eigenvalue weighted by Gasteiger charge is -2.30. The first-order valence-electron chi connectivity index (χ1n) is 10.2. The molecule has 32 heavy (non-hydrogen) atoms. The van der Waals surface area contributed by atoms with Gasteiger partial charge in [-0.2, -0.15) is 0 Å². The van der Waals surface area contributed by atoms with E-state index in [1.807, 2.05) is 60.7 Å². The van der Waals surface area contributed by atoms with Gasteiger partial charge in [-0.05, 0) is 59.7 Å². The van der Waals surface area contributed by atoms with Gasteiger partial charge in [0.1, 0.15) is 23.4 Å². The third-order valence-corrected chi connectivity index (χ3v) is 5.50. The van der Waals surface area contributed by atoms with Gasteiger partial charge >= 0.3 is 0 Å². The van der Waals surface area contributed by atoms with Gasteiger partial charge in [0, 0.05) is 16.8 Å². The van der Waals surface area contributed by atoms with Crippen molar-refractivity contribution in [2.45, 2.75) is 6.10 Å². The molecule has 1 aliphatic rings. The van der Waals surface area contributed by atoms with Crippen molar-refractivity contribution in [3.63, 3.8) is 0 Å². The minimum Gasteiger partial charge on any atom is -0.496 e. The smallest absolute Gasteiger partial charge is 0.255 e. The molecule has 0 spiro atoms. The number of halogens is 1. The number of carbonyl (C=O) groups is 1. The Kier molecular flexibility index (Phi) is 5.07. The number of nitrogens with one attached hydrogen (secondary N) is 1. The highest BCUT2D eigenvalue weighted by atomic mass is 19.1. The first-order chi connectivity index (χ1) is 15.6. The fourth-order valence-electron chi connectivity index (χ4n) is 4.03. The first-order valence-corrected chi connectivity index (χ1v) is 10.2. The predicted octanol–water partition coefficient (Wildman–Crippen LogP) is 6.24. The quantitative estimate of drug-likeness (QED) is 0.421. The van der Waals surface area contributed by atoms with Gasteiger partial charge in [-0.3, -0.25) is 4.79 Å². The molecule has 1 heterocycles. The van der Waals surface area contributed by atoms with Crippen LogP contribution in [-0.2, 0) is 0 Å². The first kappa shape index (κ1) is 19.8. The van der Waals surface area contributed by atoms with Crippen LogP contribution in [0.25, 0.3) is 11.1 Å². The van der Waals surface area contributed by atoms with Crippen LogP contribution < -0.4 is 14.8 Å². The molecule has 0 fully saturated rings. The summed E-state index contributed by atoms with van der Waals surface area (Å²) in [4.78, 5) is 12.7. The maximum Gasteiger partial charge on any atom is 0.255 e. The Morgan fingerprint density at radius 2 is 1.75 bits per heavy atom. The average Bonchev–Trinajstić information content (AvgIpc) is 2.83. The van der Waals surface area contributed by atoms with Crippen LogP contribution in [0.5, 0.6) is 11.5 Å². The molecule has 1 aliphatic heterocycles. The van der Waals surface area contributed by atoms with Gasteiger partial charge in [0.2, 0.25) is 0 Å². The maximum atomic E-state index is 14.0. The molecule has 0 saturated heterocycles. The Labute approximate surface area is 185 Å². The zero-order valence-electron chi connectivity index (χ0n) is 17.3. The number of anilines is 1. The predicted molar refractivity (Wildman–Crippen MR) is 122 cm³/mol. The summed E-state index contributed by atoms with van der Waals surface area (Å²) in [6, 6.07) is 26.7. The lowest BCUT2D eigenvalue weighted by molar-refractivity contribution is 0.102. The second kappa shape index (κ2) is 8.19. The standard InChI is InChI=1S/C27H20FNO3/c1-31-23-11-6-12-24-25(23)21-14-13-20(29-27(30)17-7-3-2-4-8-17)16-22(21)26(32-24)18-9-5-10-19(28)15-18/h2-16,26H,1H3,(H,29,30). The van der Waals surface area contributed by atoms with E-state index in [4.69, 9.17) is 9.47 Å². The number of hydrogen-bond acceptors (Lipinski definition) is 3. The third kappa shape index (κ3) is 3.58. The van der Waals surface area contributed by atoms with E-state index >= 15 is 0 Å². The van der Waals surface area contributed by atoms with Gasteiger partial charge in [0.05, 0.1) is 12.7 Å². The SMILES string of the molecule is COc1cccc2c1-c1ccc(NC(=O)c3ccccc3)cc1C(c1cccc(F)c1)O2. The molecule has 4 aromatic rings. The lowest BCUT2D eigenvalue weighted by atomic mass is 9.88. The van der Waals surface area contributed by atoms with E-state index in [0.717, 1.165) is 16.7 Å². The van der Waals surface area contributed by atoms with Crippen molar-refractivity contribution >= 4 is 11.6 Å². The van der Waals surface area contributed by atoms with Gasteiger partial charge < -0.3 is 14.8 Å². The summed E-state index contributed by atoms with van der Waals surface area (Å²) in [5.74, 6) is 0.801. The Bertz CT molecular complexity index is 1300. The second-order valence-electron chi connectivity index (χ2n) is 7.51. The van der Waals surface area contributed by atoms with Crippen LogP contribution in [0.2, 0.25) is 0 Å². The monoisotopic (exact) mass is 425 g/mol. The van der Waals surface area contributed by atoms with Crippen molar-refractivity contribution in [1.29, 1.82) is 0 Å². The van der Waals surface area contributed by atoms with Crippen LogP contribution in [0.4, 0.5) is 10.1 Å². The van der Waals surface area contributed by atoms with Gasteiger partial charge in [-0.1, -0.05) is 42.5 Å². The fourth-order valence-corrected chi connectivity index (χ4v) is 4.03. The molecule has 1 unspecified atom stereocenters. The molecule has 0 bridgehead atoms. The molecule has 0 aliphatic carbocycles. The number of carbonyl (C=O) groups excluding carboxylic acids is 1. The summed E-state index contributed by atoms with van der Waals surface area (Å²) in [6.45, 7) is 0. The number of hydrogen-bond donors (Lipinski definition) is 1. The topological polar surface area (TPSA) is 47.6 Å². The molecule has 4 nitrogen and oxygen atoms in total. The van der Waals surface area contributed by atoms with E-state index in [9.17, 15) is 9.18 Å². The third-order valence-electron chi connectivity index (χ3n) is 5.50. The largest absolute Gasteiger partial charge is 0.496 e. The second-order valence-corrected chi connectivity index (χ2v) is 7.51. The highest BCUT2D eigenvalue weighted by molar-refractivity contribution is 6.04. The van der Waals surface area contributed by atoms with E-state index in [2.05, 4.69) is 5.32 Å². The van der Waals surface area contributed by atoms with E-state index in [1.54, 1.807) is 25.3 Å². The molecule has 5 heteroatoms. The fraction of sp³-hybridized carbons (Fsp3) is 0.0741. The van der Waals surface area contributed by atoms with Gasteiger partial charge in [0.15, 0.2) is 0 Å². The van der Waals surface area contributed by atoms with Gasteiger partial charge in [-0.15, -0.1) is 0 Å². The van der Waals surface area contributed by atoms with Crippen molar-refractivity contribution in [1.82, 2.24) is 0 Å². The van der Waals surface area contributed by atoms with Gasteiger partial charge in [0.25, 0.3) is 5.91 Å². The Morgan fingerprint density at radius 1 is 0.938 bits per heavy atom. The molecular formula is C27H20FNO3.